The first kappa shape index (κ1) is 23.7. The van der Waals surface area contributed by atoms with Crippen molar-refractivity contribution in [3.63, 3.8) is 0 Å². The second-order valence-electron chi connectivity index (χ2n) is 7.36. The molecule has 3 aromatic rings. The third-order valence-electron chi connectivity index (χ3n) is 5.07. The monoisotopic (exact) mass is 488 g/mol. The normalized spacial score (nSPS) is 15.7. The smallest absolute Gasteiger partial charge is 0.335 e. The Kier molecular flexibility index (Phi) is 6.12. The van der Waals surface area contributed by atoms with E-state index >= 15 is 0 Å². The lowest BCUT2D eigenvalue weighted by atomic mass is 10.0. The molecule has 1 heterocycles. The molecule has 0 aliphatic carbocycles. The number of halogens is 5. The summed E-state index contributed by atoms with van der Waals surface area (Å²) in [5, 5.41) is 20.6. The molecule has 0 saturated heterocycles. The summed E-state index contributed by atoms with van der Waals surface area (Å²) in [7, 11) is 0. The Morgan fingerprint density at radius 2 is 1.49 bits per heavy atom. The number of anilines is 1. The molecule has 0 aromatic heterocycles. The fourth-order valence-corrected chi connectivity index (χ4v) is 3.33. The van der Waals surface area contributed by atoms with Crippen molar-refractivity contribution in [1.82, 2.24) is 0 Å². The van der Waals surface area contributed by atoms with Crippen molar-refractivity contribution in [3.8, 4) is 11.1 Å². The predicted octanol–water partition coefficient (Wildman–Crippen LogP) is 5.62. The van der Waals surface area contributed by atoms with Gasteiger partial charge >= 0.3 is 5.97 Å². The zero-order valence-electron chi connectivity index (χ0n) is 17.6. The molecule has 1 unspecified atom stereocenters. The molecule has 4 rings (SSSR count). The molecule has 12 heteroatoms. The number of carboxylic acid groups (broad SMARTS) is 1. The number of nitrogens with zero attached hydrogens (tertiary/aromatic N) is 4. The highest BCUT2D eigenvalue weighted by molar-refractivity contribution is 6.18. The lowest BCUT2D eigenvalue weighted by Crippen LogP contribution is -2.31. The Balaban J connectivity index is 1.62. The van der Waals surface area contributed by atoms with Gasteiger partial charge in [0, 0.05) is 0 Å². The van der Waals surface area contributed by atoms with Crippen LogP contribution in [-0.4, -0.2) is 28.7 Å². The van der Waals surface area contributed by atoms with Gasteiger partial charge in [-0.1, -0.05) is 24.3 Å². The Labute approximate surface area is 193 Å². The van der Waals surface area contributed by atoms with Crippen molar-refractivity contribution in [2.75, 3.05) is 5.01 Å². The Bertz CT molecular complexity index is 1410. The van der Waals surface area contributed by atoms with Crippen molar-refractivity contribution in [1.29, 1.82) is 0 Å². The number of hydrogen-bond donors (Lipinski definition) is 1. The molecule has 1 amide bonds. The van der Waals surface area contributed by atoms with Crippen molar-refractivity contribution >= 4 is 29.0 Å². The first-order valence-corrected chi connectivity index (χ1v) is 9.85. The molecule has 0 spiro atoms. The van der Waals surface area contributed by atoms with Gasteiger partial charge in [0.25, 0.3) is 5.91 Å². The molecule has 1 atom stereocenters. The van der Waals surface area contributed by atoms with E-state index in [9.17, 15) is 31.5 Å². The van der Waals surface area contributed by atoms with Gasteiger partial charge < -0.3 is 5.11 Å². The topological polar surface area (TPSA) is 94.7 Å². The first-order chi connectivity index (χ1) is 16.6. The van der Waals surface area contributed by atoms with Crippen molar-refractivity contribution in [3.05, 3.63) is 83.2 Å². The third kappa shape index (κ3) is 4.25. The van der Waals surface area contributed by atoms with Crippen molar-refractivity contribution < 1.29 is 36.6 Å². The summed E-state index contributed by atoms with van der Waals surface area (Å²) in [6.07, 6.45) is 0. The number of benzene rings is 3. The minimum absolute atomic E-state index is 0.0725. The minimum Gasteiger partial charge on any atom is -0.478 e. The van der Waals surface area contributed by atoms with Crippen LogP contribution in [0.5, 0.6) is 0 Å². The molecule has 1 aliphatic rings. The number of hydrazone groups is 1. The lowest BCUT2D eigenvalue weighted by molar-refractivity contribution is -0.118. The van der Waals surface area contributed by atoms with E-state index in [0.717, 1.165) is 0 Å². The number of amides is 1. The van der Waals surface area contributed by atoms with E-state index in [4.69, 9.17) is 5.11 Å². The fourth-order valence-electron chi connectivity index (χ4n) is 3.33. The van der Waals surface area contributed by atoms with Gasteiger partial charge in [-0.2, -0.15) is 20.3 Å². The second-order valence-corrected chi connectivity index (χ2v) is 7.36. The molecule has 1 N–H and O–H groups in total. The highest BCUT2D eigenvalue weighted by Crippen LogP contribution is 2.33. The summed E-state index contributed by atoms with van der Waals surface area (Å²) in [6.45, 7) is 1.28. The summed E-state index contributed by atoms with van der Waals surface area (Å²) in [4.78, 5) is 23.9. The molecule has 0 bridgehead atoms. The van der Waals surface area contributed by atoms with Gasteiger partial charge in [0.05, 0.1) is 17.0 Å². The van der Waals surface area contributed by atoms with Gasteiger partial charge in [-0.15, -0.1) is 0 Å². The minimum atomic E-state index is -2.36. The van der Waals surface area contributed by atoms with Crippen LogP contribution in [0.1, 0.15) is 17.3 Å². The molecular formula is C23H13F5N4O3. The van der Waals surface area contributed by atoms with Crippen molar-refractivity contribution in [2.45, 2.75) is 13.0 Å². The Morgan fingerprint density at radius 3 is 2.11 bits per heavy atom. The van der Waals surface area contributed by atoms with Gasteiger partial charge in [-0.05, 0) is 42.3 Å². The summed E-state index contributed by atoms with van der Waals surface area (Å²) < 4.78 is 68.8. The van der Waals surface area contributed by atoms with Crippen molar-refractivity contribution in [2.24, 2.45) is 15.3 Å². The molecule has 1 aliphatic heterocycles. The van der Waals surface area contributed by atoms with Gasteiger partial charge in [-0.25, -0.2) is 26.7 Å². The average molecular weight is 488 g/mol. The number of carbonyl (C=O) groups is 2. The van der Waals surface area contributed by atoms with E-state index in [1.807, 2.05) is 0 Å². The molecule has 35 heavy (non-hydrogen) atoms. The maximum Gasteiger partial charge on any atom is 0.335 e. The number of carboxylic acids is 1. The number of carbonyl (C=O) groups excluding carboxylic acids is 1. The van der Waals surface area contributed by atoms with Gasteiger partial charge in [0.1, 0.15) is 5.69 Å². The number of hydrogen-bond acceptors (Lipinski definition) is 5. The zero-order valence-corrected chi connectivity index (χ0v) is 17.6. The Morgan fingerprint density at radius 1 is 0.914 bits per heavy atom. The molecule has 0 fully saturated rings. The molecule has 0 radical (unpaired) electrons. The van der Waals surface area contributed by atoms with Crippen LogP contribution in [0.25, 0.3) is 11.1 Å². The van der Waals surface area contributed by atoms with E-state index in [0.29, 0.717) is 11.1 Å². The quantitative estimate of drug-likeness (QED) is 0.219. The van der Waals surface area contributed by atoms with Gasteiger partial charge in [-0.3, -0.25) is 4.79 Å². The lowest BCUT2D eigenvalue weighted by Gasteiger charge is -2.15. The maximum atomic E-state index is 14.1. The zero-order chi connectivity index (χ0) is 25.4. The highest BCUT2D eigenvalue weighted by Gasteiger charge is 2.40. The number of rotatable bonds is 5. The van der Waals surface area contributed by atoms with E-state index in [1.165, 1.54) is 25.1 Å². The van der Waals surface area contributed by atoms with Crippen LogP contribution in [0.3, 0.4) is 0 Å². The molecule has 0 saturated carbocycles. The predicted molar refractivity (Wildman–Crippen MR) is 114 cm³/mol. The molecule has 7 nitrogen and oxygen atoms in total. The van der Waals surface area contributed by atoms with Crippen LogP contribution >= 0.6 is 0 Å². The molecular weight excluding hydrogens is 475 g/mol. The summed E-state index contributed by atoms with van der Waals surface area (Å²) in [6, 6.07) is 11.1. The number of aromatic carboxylic acids is 1. The van der Waals surface area contributed by atoms with E-state index in [1.54, 1.807) is 30.3 Å². The van der Waals surface area contributed by atoms with Crippen LogP contribution in [0, 0.1) is 29.1 Å². The first-order valence-electron chi connectivity index (χ1n) is 9.85. The second kappa shape index (κ2) is 9.05. The van der Waals surface area contributed by atoms with Gasteiger partial charge in [0.15, 0.2) is 29.3 Å². The fraction of sp³-hybridized carbons (Fsp3) is 0.0870. The largest absolute Gasteiger partial charge is 0.478 e. The van der Waals surface area contributed by atoms with Crippen LogP contribution < -0.4 is 5.01 Å². The third-order valence-corrected chi connectivity index (χ3v) is 5.07. The molecule has 3 aromatic carbocycles. The van der Waals surface area contributed by atoms with E-state index in [-0.39, 0.29) is 22.0 Å². The standard InChI is InChI=1S/C23H13F5N4O3/c1-10-20(22(33)32(31-10)21-18(27)16(25)15(24)17(26)19(21)28)30-29-14-7-3-5-12(9-14)11-4-2-6-13(8-11)23(34)35/h2-9,20H,1H3,(H,34,35). The van der Waals surface area contributed by atoms with Crippen LogP contribution in [0.15, 0.2) is 63.9 Å². The van der Waals surface area contributed by atoms with Crippen LogP contribution in [-0.2, 0) is 4.79 Å². The SMILES string of the molecule is CC1=NN(c2c(F)c(F)c(F)c(F)c2F)C(=O)C1N=Nc1cccc(-c2cccc(C(=O)O)c2)c1. The van der Waals surface area contributed by atoms with Crippen LogP contribution in [0.2, 0.25) is 0 Å². The summed E-state index contributed by atoms with van der Waals surface area (Å²) in [5.74, 6) is -13.5. The van der Waals surface area contributed by atoms with E-state index < -0.39 is 52.7 Å². The van der Waals surface area contributed by atoms with E-state index in [2.05, 4.69) is 15.3 Å². The summed E-state index contributed by atoms with van der Waals surface area (Å²) >= 11 is 0. The highest BCUT2D eigenvalue weighted by atomic mass is 19.2. The molecule has 178 valence electrons. The van der Waals surface area contributed by atoms with Gasteiger partial charge in [0.2, 0.25) is 5.82 Å². The maximum absolute atomic E-state index is 14.1. The average Bonchev–Trinajstić information content (AvgIpc) is 3.13. The van der Waals surface area contributed by atoms with Crippen LogP contribution in [0.4, 0.5) is 33.3 Å². The Hall–Kier alpha value is -4.48. The summed E-state index contributed by atoms with van der Waals surface area (Å²) in [5.41, 5.74) is -0.105. The number of azo groups is 1.